The quantitative estimate of drug-likeness (QED) is 0.533. The molecule has 0 unspecified atom stereocenters. The number of rotatable bonds is 4. The molecule has 0 bridgehead atoms. The van der Waals surface area contributed by atoms with E-state index in [9.17, 15) is 10.1 Å². The van der Waals surface area contributed by atoms with Gasteiger partial charge in [0.2, 0.25) is 5.89 Å². The molecule has 21 heavy (non-hydrogen) atoms. The van der Waals surface area contributed by atoms with Gasteiger partial charge >= 0.3 is 5.69 Å². The summed E-state index contributed by atoms with van der Waals surface area (Å²) in [7, 11) is 0. The fourth-order valence-electron chi connectivity index (χ4n) is 2.05. The molecular formula is C12H11N5O4. The van der Waals surface area contributed by atoms with Gasteiger partial charge in [0, 0.05) is 0 Å². The SMILES string of the molecule is Cc1nn(Cc2nnc(-c3ccco3)o2)c(C)c1[N+](=O)[O-]. The third-order valence-electron chi connectivity index (χ3n) is 3.01. The van der Waals surface area contributed by atoms with Crippen molar-refractivity contribution >= 4 is 5.69 Å². The van der Waals surface area contributed by atoms with E-state index < -0.39 is 4.92 Å². The first-order valence-corrected chi connectivity index (χ1v) is 6.11. The predicted octanol–water partition coefficient (Wildman–Crippen LogP) is 2.10. The van der Waals surface area contributed by atoms with Crippen LogP contribution in [0.5, 0.6) is 0 Å². The lowest BCUT2D eigenvalue weighted by molar-refractivity contribution is -0.386. The van der Waals surface area contributed by atoms with Crippen LogP contribution in [0.2, 0.25) is 0 Å². The summed E-state index contributed by atoms with van der Waals surface area (Å²) in [6.45, 7) is 3.37. The number of hydrogen-bond donors (Lipinski definition) is 0. The number of hydrogen-bond acceptors (Lipinski definition) is 7. The highest BCUT2D eigenvalue weighted by Gasteiger charge is 2.23. The highest BCUT2D eigenvalue weighted by molar-refractivity contribution is 5.42. The fraction of sp³-hybridized carbons (Fsp3) is 0.250. The van der Waals surface area contributed by atoms with Gasteiger partial charge in [-0.1, -0.05) is 0 Å². The van der Waals surface area contributed by atoms with Crippen LogP contribution < -0.4 is 0 Å². The van der Waals surface area contributed by atoms with Crippen LogP contribution in [0.15, 0.2) is 27.2 Å². The van der Waals surface area contributed by atoms with Gasteiger partial charge in [-0.3, -0.25) is 14.8 Å². The maximum absolute atomic E-state index is 11.0. The van der Waals surface area contributed by atoms with E-state index >= 15 is 0 Å². The van der Waals surface area contributed by atoms with Crippen molar-refractivity contribution in [2.24, 2.45) is 0 Å². The van der Waals surface area contributed by atoms with E-state index in [-0.39, 0.29) is 18.1 Å². The van der Waals surface area contributed by atoms with Crippen molar-refractivity contribution in [1.82, 2.24) is 20.0 Å². The molecule has 9 nitrogen and oxygen atoms in total. The summed E-state index contributed by atoms with van der Waals surface area (Å²) in [5.74, 6) is 1.01. The van der Waals surface area contributed by atoms with Crippen LogP contribution in [-0.2, 0) is 6.54 Å². The molecule has 0 saturated carbocycles. The van der Waals surface area contributed by atoms with E-state index in [0.29, 0.717) is 23.0 Å². The second-order valence-corrected chi connectivity index (χ2v) is 4.41. The third-order valence-corrected chi connectivity index (χ3v) is 3.01. The van der Waals surface area contributed by atoms with E-state index in [2.05, 4.69) is 15.3 Å². The van der Waals surface area contributed by atoms with Gasteiger partial charge in [0.15, 0.2) is 5.76 Å². The Morgan fingerprint density at radius 2 is 2.19 bits per heavy atom. The van der Waals surface area contributed by atoms with Crippen molar-refractivity contribution in [3.63, 3.8) is 0 Å². The summed E-state index contributed by atoms with van der Waals surface area (Å²) >= 11 is 0. The molecule has 3 rings (SSSR count). The van der Waals surface area contributed by atoms with Gasteiger partial charge in [0.25, 0.3) is 5.89 Å². The molecule has 108 valence electrons. The van der Waals surface area contributed by atoms with E-state index in [1.165, 1.54) is 10.9 Å². The summed E-state index contributed by atoms with van der Waals surface area (Å²) in [5.41, 5.74) is 0.791. The Balaban J connectivity index is 1.88. The van der Waals surface area contributed by atoms with Crippen LogP contribution in [-0.4, -0.2) is 24.9 Å². The average molecular weight is 289 g/mol. The molecule has 3 aromatic heterocycles. The molecule has 0 aromatic carbocycles. The zero-order chi connectivity index (χ0) is 15.0. The van der Waals surface area contributed by atoms with Crippen molar-refractivity contribution in [2.45, 2.75) is 20.4 Å². The van der Waals surface area contributed by atoms with E-state index in [1.54, 1.807) is 26.0 Å². The molecule has 9 heteroatoms. The Morgan fingerprint density at radius 1 is 1.38 bits per heavy atom. The zero-order valence-corrected chi connectivity index (χ0v) is 11.3. The number of aryl methyl sites for hydroxylation is 1. The van der Waals surface area contributed by atoms with Gasteiger partial charge in [-0.25, -0.2) is 0 Å². The minimum absolute atomic E-state index is 0.000716. The lowest BCUT2D eigenvalue weighted by atomic mass is 10.3. The Labute approximate surface area is 118 Å². The summed E-state index contributed by atoms with van der Waals surface area (Å²) in [6.07, 6.45) is 1.50. The van der Waals surface area contributed by atoms with Crippen molar-refractivity contribution < 1.29 is 13.8 Å². The molecule has 3 heterocycles. The van der Waals surface area contributed by atoms with Crippen LogP contribution in [0.1, 0.15) is 17.3 Å². The lowest BCUT2D eigenvalue weighted by Crippen LogP contribution is -2.04. The highest BCUT2D eigenvalue weighted by Crippen LogP contribution is 2.23. The van der Waals surface area contributed by atoms with Crippen LogP contribution in [0.25, 0.3) is 11.7 Å². The molecule has 0 spiro atoms. The molecule has 0 amide bonds. The van der Waals surface area contributed by atoms with Crippen LogP contribution >= 0.6 is 0 Å². The Bertz CT molecular complexity index is 787. The average Bonchev–Trinajstić information content (AvgIpc) is 3.11. The first-order chi connectivity index (χ1) is 10.1. The van der Waals surface area contributed by atoms with Crippen molar-refractivity contribution in [1.29, 1.82) is 0 Å². The van der Waals surface area contributed by atoms with Gasteiger partial charge in [0.1, 0.15) is 17.9 Å². The second-order valence-electron chi connectivity index (χ2n) is 4.41. The monoisotopic (exact) mass is 289 g/mol. The van der Waals surface area contributed by atoms with E-state index in [1.807, 2.05) is 0 Å². The van der Waals surface area contributed by atoms with Gasteiger partial charge in [0.05, 0.1) is 11.2 Å². The predicted molar refractivity (Wildman–Crippen MR) is 69.5 cm³/mol. The summed E-state index contributed by atoms with van der Waals surface area (Å²) in [4.78, 5) is 10.5. The molecule has 0 N–H and O–H groups in total. The van der Waals surface area contributed by atoms with E-state index in [4.69, 9.17) is 8.83 Å². The number of furan rings is 1. The Hall–Kier alpha value is -2.97. The normalized spacial score (nSPS) is 11.0. The van der Waals surface area contributed by atoms with Crippen LogP contribution in [0.3, 0.4) is 0 Å². The van der Waals surface area contributed by atoms with Crippen LogP contribution in [0.4, 0.5) is 5.69 Å². The van der Waals surface area contributed by atoms with Crippen molar-refractivity contribution in [3.05, 3.63) is 45.8 Å². The maximum atomic E-state index is 11.0. The summed E-state index contributed by atoms with van der Waals surface area (Å²) in [5, 5.41) is 22.8. The molecule has 0 aliphatic carbocycles. The standard InChI is InChI=1S/C12H11N5O4/c1-7-11(17(18)19)8(2)16(15-7)6-10-13-14-12(21-10)9-4-3-5-20-9/h3-5H,6H2,1-2H3. The molecule has 0 aliphatic rings. The minimum atomic E-state index is -0.448. The lowest BCUT2D eigenvalue weighted by Gasteiger charge is -1.98. The van der Waals surface area contributed by atoms with Crippen LogP contribution in [0, 0.1) is 24.0 Å². The van der Waals surface area contributed by atoms with Gasteiger partial charge < -0.3 is 8.83 Å². The third kappa shape index (κ3) is 2.29. The molecule has 0 atom stereocenters. The first-order valence-electron chi connectivity index (χ1n) is 6.11. The molecule has 0 aliphatic heterocycles. The van der Waals surface area contributed by atoms with Gasteiger partial charge in [-0.2, -0.15) is 5.10 Å². The molecule has 3 aromatic rings. The number of nitro groups is 1. The van der Waals surface area contributed by atoms with Gasteiger partial charge in [-0.05, 0) is 26.0 Å². The summed E-state index contributed by atoms with van der Waals surface area (Å²) in [6, 6.07) is 3.41. The smallest absolute Gasteiger partial charge is 0.312 e. The first kappa shape index (κ1) is 13.0. The second kappa shape index (κ2) is 4.85. The number of nitrogens with zero attached hydrogens (tertiary/aromatic N) is 5. The zero-order valence-electron chi connectivity index (χ0n) is 11.3. The van der Waals surface area contributed by atoms with Crippen molar-refractivity contribution in [3.8, 4) is 11.7 Å². The van der Waals surface area contributed by atoms with Gasteiger partial charge in [-0.15, -0.1) is 10.2 Å². The highest BCUT2D eigenvalue weighted by atomic mass is 16.6. The van der Waals surface area contributed by atoms with Crippen molar-refractivity contribution in [2.75, 3.05) is 0 Å². The molecular weight excluding hydrogens is 278 g/mol. The molecule has 0 radical (unpaired) electrons. The maximum Gasteiger partial charge on any atom is 0.312 e. The minimum Gasteiger partial charge on any atom is -0.459 e. The largest absolute Gasteiger partial charge is 0.459 e. The Morgan fingerprint density at radius 3 is 2.81 bits per heavy atom. The molecule has 0 fully saturated rings. The number of aromatic nitrogens is 4. The van der Waals surface area contributed by atoms with E-state index in [0.717, 1.165) is 0 Å². The Kier molecular flexibility index (Phi) is 3.01. The summed E-state index contributed by atoms with van der Waals surface area (Å²) < 4.78 is 12.1. The fourth-order valence-corrected chi connectivity index (χ4v) is 2.05. The molecule has 0 saturated heterocycles. The topological polar surface area (TPSA) is 113 Å².